The molecule has 2 amide bonds. The Morgan fingerprint density at radius 2 is 1.96 bits per heavy atom. The van der Waals surface area contributed by atoms with Gasteiger partial charge in [-0.15, -0.1) is 0 Å². The molecule has 1 fully saturated rings. The van der Waals surface area contributed by atoms with Crippen LogP contribution in [0, 0.1) is 0 Å². The fourth-order valence-corrected chi connectivity index (χ4v) is 3.95. The Bertz CT molecular complexity index is 633. The molecule has 7 nitrogen and oxygen atoms in total. The van der Waals surface area contributed by atoms with E-state index in [1.165, 1.54) is 11.3 Å². The molecule has 2 aliphatic rings. The number of hydrogen-bond acceptors (Lipinski definition) is 4. The van der Waals surface area contributed by atoms with Crippen LogP contribution in [0.5, 0.6) is 0 Å². The maximum atomic E-state index is 12.8. The lowest BCUT2D eigenvalue weighted by molar-refractivity contribution is -0.139. The molecule has 1 aliphatic carbocycles. The van der Waals surface area contributed by atoms with Crippen molar-refractivity contribution in [3.63, 3.8) is 0 Å². The van der Waals surface area contributed by atoms with Crippen molar-refractivity contribution in [3.05, 3.63) is 17.5 Å². The second-order valence-electron chi connectivity index (χ2n) is 7.03. The monoisotopic (exact) mass is 347 g/mol. The molecule has 1 aromatic heterocycles. The second kappa shape index (κ2) is 7.56. The van der Waals surface area contributed by atoms with E-state index in [-0.39, 0.29) is 23.9 Å². The minimum atomic E-state index is -0.232. The zero-order valence-corrected chi connectivity index (χ0v) is 15.5. The topological polar surface area (TPSA) is 70.5 Å². The number of carbonyl (C=O) groups excluding carboxylic acids is 2. The Labute approximate surface area is 149 Å². The van der Waals surface area contributed by atoms with Gasteiger partial charge in [0, 0.05) is 56.9 Å². The first-order valence-corrected chi connectivity index (χ1v) is 9.36. The van der Waals surface area contributed by atoms with Crippen LogP contribution in [0.15, 0.2) is 6.20 Å². The van der Waals surface area contributed by atoms with E-state index in [9.17, 15) is 9.59 Å². The number of amides is 2. The molecule has 0 aromatic carbocycles. The van der Waals surface area contributed by atoms with E-state index in [2.05, 4.69) is 22.0 Å². The molecule has 0 saturated carbocycles. The van der Waals surface area contributed by atoms with Gasteiger partial charge in [0.15, 0.2) is 0 Å². The average molecular weight is 347 g/mol. The summed E-state index contributed by atoms with van der Waals surface area (Å²) in [6, 6.07) is -0.0358. The van der Waals surface area contributed by atoms with Crippen LogP contribution in [-0.4, -0.2) is 63.6 Å². The largest absolute Gasteiger partial charge is 0.339 e. The first-order chi connectivity index (χ1) is 12.0. The number of aromatic nitrogens is 2. The van der Waals surface area contributed by atoms with Crippen molar-refractivity contribution in [1.29, 1.82) is 0 Å². The highest BCUT2D eigenvalue weighted by Crippen LogP contribution is 2.30. The lowest BCUT2D eigenvalue weighted by Gasteiger charge is -2.36. The first-order valence-electron chi connectivity index (χ1n) is 9.36. The Balaban J connectivity index is 1.60. The maximum absolute atomic E-state index is 12.8. The van der Waals surface area contributed by atoms with Crippen molar-refractivity contribution in [2.45, 2.75) is 58.7 Å². The van der Waals surface area contributed by atoms with Crippen LogP contribution in [0.3, 0.4) is 0 Å². The van der Waals surface area contributed by atoms with Crippen molar-refractivity contribution >= 4 is 11.8 Å². The molecule has 1 aliphatic heterocycles. The minimum Gasteiger partial charge on any atom is -0.339 e. The summed E-state index contributed by atoms with van der Waals surface area (Å²) in [5.41, 5.74) is 2.55. The molecule has 3 rings (SSSR count). The lowest BCUT2D eigenvalue weighted by atomic mass is 9.92. The van der Waals surface area contributed by atoms with Crippen molar-refractivity contribution in [2.24, 2.45) is 0 Å². The summed E-state index contributed by atoms with van der Waals surface area (Å²) in [7, 11) is 0. The average Bonchev–Trinajstić information content (AvgIpc) is 3.05. The van der Waals surface area contributed by atoms with Gasteiger partial charge in [0.1, 0.15) is 0 Å². The van der Waals surface area contributed by atoms with Gasteiger partial charge in [-0.2, -0.15) is 5.10 Å². The number of piperazine rings is 1. The summed E-state index contributed by atoms with van der Waals surface area (Å²) >= 11 is 0. The van der Waals surface area contributed by atoms with Crippen LogP contribution in [0.2, 0.25) is 0 Å². The first kappa shape index (κ1) is 17.9. The molecular formula is C18H29N5O2. The standard InChI is InChI=1S/C18H29N5O2/c1-4-23-17-7-5-6-16(15(17)12-19-23)20-13(2)18(25)22-10-8-21(9-11-22)14(3)24/h12-13,16,20H,4-11H2,1-3H3. The molecule has 1 saturated heterocycles. The summed E-state index contributed by atoms with van der Waals surface area (Å²) in [5, 5.41) is 8.00. The fraction of sp³-hybridized carbons (Fsp3) is 0.722. The van der Waals surface area contributed by atoms with E-state index in [1.807, 2.05) is 18.0 Å². The van der Waals surface area contributed by atoms with Gasteiger partial charge in [0.25, 0.3) is 0 Å². The molecule has 0 bridgehead atoms. The van der Waals surface area contributed by atoms with E-state index in [0.717, 1.165) is 25.8 Å². The van der Waals surface area contributed by atoms with Crippen molar-refractivity contribution < 1.29 is 9.59 Å². The number of nitrogens with one attached hydrogen (secondary N) is 1. The molecular weight excluding hydrogens is 318 g/mol. The molecule has 2 heterocycles. The van der Waals surface area contributed by atoms with Crippen molar-refractivity contribution in [1.82, 2.24) is 24.9 Å². The van der Waals surface area contributed by atoms with Crippen LogP contribution >= 0.6 is 0 Å². The number of fused-ring (bicyclic) bond motifs is 1. The summed E-state index contributed by atoms with van der Waals surface area (Å²) < 4.78 is 2.07. The smallest absolute Gasteiger partial charge is 0.239 e. The Hall–Kier alpha value is -1.89. The number of rotatable bonds is 4. The molecule has 7 heteroatoms. The third-order valence-corrected chi connectivity index (χ3v) is 5.42. The third kappa shape index (κ3) is 3.71. The maximum Gasteiger partial charge on any atom is 0.239 e. The van der Waals surface area contributed by atoms with Crippen molar-refractivity contribution in [2.75, 3.05) is 26.2 Å². The summed E-state index contributed by atoms with van der Waals surface area (Å²) in [6.45, 7) is 9.02. The number of carbonyl (C=O) groups is 2. The van der Waals surface area contributed by atoms with Crippen LogP contribution in [0.25, 0.3) is 0 Å². The van der Waals surface area contributed by atoms with Crippen molar-refractivity contribution in [3.8, 4) is 0 Å². The summed E-state index contributed by atoms with van der Waals surface area (Å²) in [5.74, 6) is 0.208. The molecule has 2 atom stereocenters. The molecule has 25 heavy (non-hydrogen) atoms. The SMILES string of the molecule is CCn1ncc2c1CCCC2NC(C)C(=O)N1CCN(C(C)=O)CC1. The second-order valence-corrected chi connectivity index (χ2v) is 7.03. The quantitative estimate of drug-likeness (QED) is 0.880. The highest BCUT2D eigenvalue weighted by atomic mass is 16.2. The molecule has 2 unspecified atom stereocenters. The van der Waals surface area contributed by atoms with Gasteiger partial charge in [-0.25, -0.2) is 0 Å². The van der Waals surface area contributed by atoms with Crippen LogP contribution in [0.1, 0.15) is 50.9 Å². The third-order valence-electron chi connectivity index (χ3n) is 5.42. The van der Waals surface area contributed by atoms with Gasteiger partial charge in [-0.05, 0) is 33.1 Å². The normalized spacial score (nSPS) is 21.8. The fourth-order valence-electron chi connectivity index (χ4n) is 3.95. The highest BCUT2D eigenvalue weighted by molar-refractivity contribution is 5.82. The summed E-state index contributed by atoms with van der Waals surface area (Å²) in [4.78, 5) is 27.8. The highest BCUT2D eigenvalue weighted by Gasteiger charge is 2.30. The van der Waals surface area contributed by atoms with Crippen LogP contribution < -0.4 is 5.32 Å². The van der Waals surface area contributed by atoms with Gasteiger partial charge >= 0.3 is 0 Å². The van der Waals surface area contributed by atoms with E-state index in [0.29, 0.717) is 26.2 Å². The molecule has 0 radical (unpaired) electrons. The van der Waals surface area contributed by atoms with Gasteiger partial charge in [0.05, 0.1) is 12.2 Å². The molecule has 0 spiro atoms. The van der Waals surface area contributed by atoms with Gasteiger partial charge in [0.2, 0.25) is 11.8 Å². The Kier molecular flexibility index (Phi) is 5.42. The summed E-state index contributed by atoms with van der Waals surface area (Å²) in [6.07, 6.45) is 5.18. The number of hydrogen-bond donors (Lipinski definition) is 1. The Morgan fingerprint density at radius 3 is 2.60 bits per heavy atom. The van der Waals surface area contributed by atoms with E-state index >= 15 is 0 Å². The lowest BCUT2D eigenvalue weighted by Crippen LogP contribution is -2.54. The van der Waals surface area contributed by atoms with Gasteiger partial charge < -0.3 is 9.80 Å². The van der Waals surface area contributed by atoms with Gasteiger partial charge in [-0.1, -0.05) is 0 Å². The van der Waals surface area contributed by atoms with E-state index < -0.39 is 0 Å². The number of nitrogens with zero attached hydrogens (tertiary/aromatic N) is 4. The predicted molar refractivity (Wildman–Crippen MR) is 95.0 cm³/mol. The molecule has 1 N–H and O–H groups in total. The van der Waals surface area contributed by atoms with E-state index in [1.54, 1.807) is 11.8 Å². The van der Waals surface area contributed by atoms with Crippen LogP contribution in [0.4, 0.5) is 0 Å². The predicted octanol–water partition coefficient (Wildman–Crippen LogP) is 0.949. The molecule has 138 valence electrons. The zero-order chi connectivity index (χ0) is 18.0. The van der Waals surface area contributed by atoms with Crippen LogP contribution in [-0.2, 0) is 22.6 Å². The number of aryl methyl sites for hydroxylation is 1. The molecule has 1 aromatic rings. The minimum absolute atomic E-state index is 0.0842. The van der Waals surface area contributed by atoms with Gasteiger partial charge in [-0.3, -0.25) is 19.6 Å². The van der Waals surface area contributed by atoms with E-state index in [4.69, 9.17) is 0 Å². The Morgan fingerprint density at radius 1 is 1.28 bits per heavy atom. The zero-order valence-electron chi connectivity index (χ0n) is 15.5.